The molecule has 0 unspecified atom stereocenters. The second-order valence-electron chi connectivity index (χ2n) is 5.57. The SMILES string of the molecule is CCCC(=O)Oc1c(Cl)cc(/C=C2\N=C(c3ccco3)OC2=O)cc1OC. The molecule has 1 aliphatic heterocycles. The summed E-state index contributed by atoms with van der Waals surface area (Å²) in [5.41, 5.74) is 0.610. The second kappa shape index (κ2) is 8.09. The molecule has 0 N–H and O–H groups in total. The van der Waals surface area contributed by atoms with E-state index in [2.05, 4.69) is 4.99 Å². The van der Waals surface area contributed by atoms with Gasteiger partial charge >= 0.3 is 11.9 Å². The Balaban J connectivity index is 1.91. The molecule has 0 aliphatic carbocycles. The van der Waals surface area contributed by atoms with E-state index in [-0.39, 0.29) is 34.5 Å². The van der Waals surface area contributed by atoms with E-state index in [1.54, 1.807) is 24.3 Å². The summed E-state index contributed by atoms with van der Waals surface area (Å²) in [4.78, 5) is 27.9. The van der Waals surface area contributed by atoms with Crippen molar-refractivity contribution in [2.45, 2.75) is 19.8 Å². The van der Waals surface area contributed by atoms with E-state index in [0.717, 1.165) is 0 Å². The van der Waals surface area contributed by atoms with Gasteiger partial charge < -0.3 is 18.6 Å². The van der Waals surface area contributed by atoms with Crippen LogP contribution in [-0.2, 0) is 14.3 Å². The normalized spacial score (nSPS) is 14.9. The fourth-order valence-electron chi connectivity index (χ4n) is 2.36. The van der Waals surface area contributed by atoms with Crippen molar-refractivity contribution >= 4 is 35.5 Å². The molecule has 1 aromatic carbocycles. The van der Waals surface area contributed by atoms with Crippen LogP contribution in [0.5, 0.6) is 11.5 Å². The molecule has 2 aromatic rings. The third-order valence-electron chi connectivity index (χ3n) is 3.58. The van der Waals surface area contributed by atoms with Gasteiger partial charge in [0.1, 0.15) is 0 Å². The number of aliphatic imine (C=N–C) groups is 1. The zero-order chi connectivity index (χ0) is 19.4. The highest BCUT2D eigenvalue weighted by Crippen LogP contribution is 2.37. The summed E-state index contributed by atoms with van der Waals surface area (Å²) in [6.07, 6.45) is 3.86. The minimum Gasteiger partial charge on any atom is -0.493 e. The van der Waals surface area contributed by atoms with E-state index >= 15 is 0 Å². The van der Waals surface area contributed by atoms with Gasteiger partial charge in [-0.1, -0.05) is 18.5 Å². The summed E-state index contributed by atoms with van der Waals surface area (Å²) in [6.45, 7) is 1.87. The van der Waals surface area contributed by atoms with Crippen molar-refractivity contribution < 1.29 is 28.2 Å². The zero-order valence-electron chi connectivity index (χ0n) is 14.7. The lowest BCUT2D eigenvalue weighted by Gasteiger charge is -2.11. The summed E-state index contributed by atoms with van der Waals surface area (Å²) in [5.74, 6) is -0.195. The van der Waals surface area contributed by atoms with Gasteiger partial charge in [0.05, 0.1) is 18.4 Å². The first-order valence-electron chi connectivity index (χ1n) is 8.16. The fraction of sp³-hybridized carbons (Fsp3) is 0.211. The lowest BCUT2D eigenvalue weighted by Crippen LogP contribution is -2.08. The molecule has 8 heteroatoms. The van der Waals surface area contributed by atoms with Gasteiger partial charge in [-0.2, -0.15) is 0 Å². The van der Waals surface area contributed by atoms with Crippen molar-refractivity contribution in [2.75, 3.05) is 7.11 Å². The van der Waals surface area contributed by atoms with Crippen molar-refractivity contribution in [1.82, 2.24) is 0 Å². The number of carbonyl (C=O) groups is 2. The number of methoxy groups -OCH3 is 1. The van der Waals surface area contributed by atoms with Crippen molar-refractivity contribution in [3.63, 3.8) is 0 Å². The van der Waals surface area contributed by atoms with E-state index in [9.17, 15) is 9.59 Å². The summed E-state index contributed by atoms with van der Waals surface area (Å²) >= 11 is 6.24. The summed E-state index contributed by atoms with van der Waals surface area (Å²) in [7, 11) is 1.43. The monoisotopic (exact) mass is 389 g/mol. The highest BCUT2D eigenvalue weighted by molar-refractivity contribution is 6.32. The predicted molar refractivity (Wildman–Crippen MR) is 97.9 cm³/mol. The summed E-state index contributed by atoms with van der Waals surface area (Å²) in [6, 6.07) is 6.42. The number of hydrogen-bond acceptors (Lipinski definition) is 7. The maximum atomic E-state index is 12.0. The zero-order valence-corrected chi connectivity index (χ0v) is 15.4. The molecular weight excluding hydrogens is 374 g/mol. The predicted octanol–water partition coefficient (Wildman–Crippen LogP) is 3.99. The van der Waals surface area contributed by atoms with Crippen LogP contribution in [0.2, 0.25) is 5.02 Å². The van der Waals surface area contributed by atoms with Crippen molar-refractivity contribution in [3.05, 3.63) is 52.6 Å². The second-order valence-corrected chi connectivity index (χ2v) is 5.98. The molecule has 0 saturated heterocycles. The van der Waals surface area contributed by atoms with Crippen LogP contribution in [0.1, 0.15) is 31.1 Å². The van der Waals surface area contributed by atoms with Gasteiger partial charge in [-0.15, -0.1) is 0 Å². The number of nitrogens with zero attached hydrogens (tertiary/aromatic N) is 1. The fourth-order valence-corrected chi connectivity index (χ4v) is 2.62. The average molecular weight is 390 g/mol. The Morgan fingerprint density at radius 1 is 1.37 bits per heavy atom. The Morgan fingerprint density at radius 2 is 2.19 bits per heavy atom. The number of hydrogen-bond donors (Lipinski definition) is 0. The highest BCUT2D eigenvalue weighted by Gasteiger charge is 2.26. The van der Waals surface area contributed by atoms with Gasteiger partial charge in [-0.3, -0.25) is 4.79 Å². The van der Waals surface area contributed by atoms with Crippen LogP contribution in [0.25, 0.3) is 6.08 Å². The number of rotatable bonds is 6. The first kappa shape index (κ1) is 18.7. The molecule has 140 valence electrons. The number of esters is 2. The van der Waals surface area contributed by atoms with Gasteiger partial charge in [-0.25, -0.2) is 9.79 Å². The molecule has 0 saturated carbocycles. The standard InChI is InChI=1S/C19H16ClNO6/c1-3-5-16(22)26-17-12(20)8-11(10-15(17)24-2)9-13-19(23)27-18(21-13)14-6-4-7-25-14/h4,6-10H,3,5H2,1-2H3/b13-9-. The van der Waals surface area contributed by atoms with Crippen molar-refractivity contribution in [3.8, 4) is 11.5 Å². The molecule has 0 spiro atoms. The molecule has 7 nitrogen and oxygen atoms in total. The van der Waals surface area contributed by atoms with E-state index in [1.807, 2.05) is 6.92 Å². The van der Waals surface area contributed by atoms with Crippen LogP contribution >= 0.6 is 11.6 Å². The Kier molecular flexibility index (Phi) is 5.61. The van der Waals surface area contributed by atoms with E-state index < -0.39 is 11.9 Å². The van der Waals surface area contributed by atoms with E-state index in [4.69, 9.17) is 30.2 Å². The number of cyclic esters (lactones) is 1. The quantitative estimate of drug-likeness (QED) is 0.421. The topological polar surface area (TPSA) is 87.3 Å². The van der Waals surface area contributed by atoms with Crippen LogP contribution in [-0.4, -0.2) is 24.9 Å². The largest absolute Gasteiger partial charge is 0.493 e. The van der Waals surface area contributed by atoms with Crippen molar-refractivity contribution in [1.29, 1.82) is 0 Å². The number of carbonyl (C=O) groups excluding carboxylic acids is 2. The Bertz CT molecular complexity index is 930. The summed E-state index contributed by atoms with van der Waals surface area (Å²) in [5, 5.41) is 0.173. The van der Waals surface area contributed by atoms with E-state index in [1.165, 1.54) is 19.4 Å². The number of ether oxygens (including phenoxy) is 3. The van der Waals surface area contributed by atoms with Gasteiger partial charge in [0.15, 0.2) is 23.0 Å². The number of furan rings is 1. The lowest BCUT2D eigenvalue weighted by atomic mass is 10.1. The maximum absolute atomic E-state index is 12.0. The van der Waals surface area contributed by atoms with Crippen LogP contribution in [0.3, 0.4) is 0 Å². The van der Waals surface area contributed by atoms with Gasteiger partial charge in [-0.05, 0) is 42.3 Å². The van der Waals surface area contributed by atoms with Crippen molar-refractivity contribution in [2.24, 2.45) is 4.99 Å². The minimum absolute atomic E-state index is 0.0789. The molecule has 0 radical (unpaired) electrons. The molecule has 3 rings (SSSR count). The van der Waals surface area contributed by atoms with Gasteiger partial charge in [0, 0.05) is 6.42 Å². The van der Waals surface area contributed by atoms with Gasteiger partial charge in [0.2, 0.25) is 0 Å². The Morgan fingerprint density at radius 3 is 2.85 bits per heavy atom. The van der Waals surface area contributed by atoms with Gasteiger partial charge in [0.25, 0.3) is 5.90 Å². The summed E-state index contributed by atoms with van der Waals surface area (Å²) < 4.78 is 20.8. The van der Waals surface area contributed by atoms with Crippen LogP contribution in [0, 0.1) is 0 Å². The molecule has 2 heterocycles. The number of benzene rings is 1. The molecular formula is C19H16ClNO6. The lowest BCUT2D eigenvalue weighted by molar-refractivity contribution is -0.134. The highest BCUT2D eigenvalue weighted by atomic mass is 35.5. The number of halogens is 1. The maximum Gasteiger partial charge on any atom is 0.363 e. The first-order chi connectivity index (χ1) is 13.0. The third kappa shape index (κ3) is 4.20. The Labute approximate surface area is 160 Å². The molecule has 1 aliphatic rings. The smallest absolute Gasteiger partial charge is 0.363 e. The molecule has 0 bridgehead atoms. The molecule has 1 aromatic heterocycles. The van der Waals surface area contributed by atoms with E-state index in [0.29, 0.717) is 17.7 Å². The van der Waals surface area contributed by atoms with Crippen LogP contribution in [0.4, 0.5) is 0 Å². The van der Waals surface area contributed by atoms with Crippen LogP contribution in [0.15, 0.2) is 45.6 Å². The minimum atomic E-state index is -0.616. The molecule has 0 amide bonds. The molecule has 27 heavy (non-hydrogen) atoms. The molecule has 0 atom stereocenters. The third-order valence-corrected chi connectivity index (χ3v) is 3.86. The first-order valence-corrected chi connectivity index (χ1v) is 8.54. The average Bonchev–Trinajstić information content (AvgIpc) is 3.27. The van der Waals surface area contributed by atoms with Crippen LogP contribution < -0.4 is 9.47 Å². The molecule has 0 fully saturated rings. The Hall–Kier alpha value is -3.06.